The minimum atomic E-state index is -4.93. The molecule has 0 saturated carbocycles. The van der Waals surface area contributed by atoms with Crippen molar-refractivity contribution in [3.8, 4) is 0 Å². The molecule has 0 aliphatic rings. The summed E-state index contributed by atoms with van der Waals surface area (Å²) < 4.78 is 73.5. The lowest BCUT2D eigenvalue weighted by Gasteiger charge is -2.00. The van der Waals surface area contributed by atoms with Gasteiger partial charge in [-0.15, -0.1) is 0 Å². The highest BCUT2D eigenvalue weighted by Gasteiger charge is 2.24. The van der Waals surface area contributed by atoms with E-state index in [0.29, 0.717) is 0 Å². The van der Waals surface area contributed by atoms with E-state index in [0.717, 1.165) is 0 Å². The van der Waals surface area contributed by atoms with Crippen LogP contribution in [0, 0.1) is 0 Å². The molecule has 0 bridgehead atoms. The molecule has 0 amide bonds. The van der Waals surface area contributed by atoms with Crippen LogP contribution >= 0.6 is 0 Å². The normalized spacial score (nSPS) is 13.7. The second-order valence-electron chi connectivity index (χ2n) is 1.61. The van der Waals surface area contributed by atoms with E-state index in [1.54, 1.807) is 0 Å². The summed E-state index contributed by atoms with van der Waals surface area (Å²) in [4.78, 5) is 0. The molecule has 0 heterocycles. The summed E-state index contributed by atoms with van der Waals surface area (Å²) in [6.07, 6.45) is 0. The van der Waals surface area contributed by atoms with Crippen molar-refractivity contribution in [2.24, 2.45) is 0 Å². The van der Waals surface area contributed by atoms with Crippen LogP contribution in [0.1, 0.15) is 0 Å². The minimum absolute atomic E-state index is 1.88. The van der Waals surface area contributed by atoms with Gasteiger partial charge in [0.2, 0.25) is 5.08 Å². The van der Waals surface area contributed by atoms with Gasteiger partial charge in [0.05, 0.1) is 0 Å². The Morgan fingerprint density at radius 1 is 1.25 bits per heavy atom. The van der Waals surface area contributed by atoms with Crippen LogP contribution in [0.15, 0.2) is 0 Å². The van der Waals surface area contributed by atoms with Gasteiger partial charge < -0.3 is 0 Å². The van der Waals surface area contributed by atoms with Crippen LogP contribution in [0.2, 0.25) is 0 Å². The molecule has 12 heavy (non-hydrogen) atoms. The lowest BCUT2D eigenvalue weighted by molar-refractivity contribution is -0.0440. The van der Waals surface area contributed by atoms with Crippen molar-refractivity contribution in [1.29, 1.82) is 0 Å². The van der Waals surface area contributed by atoms with Gasteiger partial charge >= 0.3 is 6.61 Å². The number of halogens is 2. The lowest BCUT2D eigenvalue weighted by Crippen LogP contribution is -2.20. The van der Waals surface area contributed by atoms with E-state index in [2.05, 4.69) is 4.18 Å². The zero-order valence-electron chi connectivity index (χ0n) is 5.35. The monoisotopic (exact) mass is 226 g/mol. The highest BCUT2D eigenvalue weighted by atomic mass is 32.3. The van der Waals surface area contributed by atoms with Gasteiger partial charge in [-0.1, -0.05) is 0 Å². The zero-order valence-corrected chi connectivity index (χ0v) is 6.98. The predicted octanol–water partition coefficient (Wildman–Crippen LogP) is -0.599. The van der Waals surface area contributed by atoms with Gasteiger partial charge in [-0.25, -0.2) is 4.18 Å². The fourth-order valence-electron chi connectivity index (χ4n) is 0.321. The molecule has 10 heteroatoms. The second-order valence-corrected chi connectivity index (χ2v) is 5.03. The molecule has 0 aliphatic heterocycles. The van der Waals surface area contributed by atoms with Gasteiger partial charge in [-0.2, -0.15) is 25.6 Å². The van der Waals surface area contributed by atoms with Crippen LogP contribution in [-0.4, -0.2) is 33.1 Å². The first-order chi connectivity index (χ1) is 5.12. The Bertz CT molecular complexity index is 327. The molecule has 0 atom stereocenters. The van der Waals surface area contributed by atoms with Crippen molar-refractivity contribution in [2.75, 3.05) is 5.08 Å². The van der Waals surface area contributed by atoms with E-state index in [1.807, 2.05) is 0 Å². The average molecular weight is 226 g/mol. The highest BCUT2D eigenvalue weighted by Crippen LogP contribution is 2.04. The molecule has 0 fully saturated rings. The van der Waals surface area contributed by atoms with Gasteiger partial charge in [0, 0.05) is 0 Å². The molecule has 0 spiro atoms. The lowest BCUT2D eigenvalue weighted by atomic mass is 11.5. The summed E-state index contributed by atoms with van der Waals surface area (Å²) in [6, 6.07) is 0. The number of alkyl halides is 2. The molecular weight excluding hydrogens is 222 g/mol. The minimum Gasteiger partial charge on any atom is -0.285 e. The Kier molecular flexibility index (Phi) is 3.50. The van der Waals surface area contributed by atoms with Crippen molar-refractivity contribution in [1.82, 2.24) is 0 Å². The molecule has 0 unspecified atom stereocenters. The van der Waals surface area contributed by atoms with E-state index in [9.17, 15) is 25.6 Å². The third-order valence-electron chi connectivity index (χ3n) is 0.513. The predicted molar refractivity (Wildman–Crippen MR) is 32.4 cm³/mol. The van der Waals surface area contributed by atoms with Crippen molar-refractivity contribution in [3.63, 3.8) is 0 Å². The van der Waals surface area contributed by atoms with E-state index in [1.165, 1.54) is 0 Å². The first kappa shape index (κ1) is 11.7. The summed E-state index contributed by atoms with van der Waals surface area (Å²) in [5.41, 5.74) is 0. The molecule has 74 valence electrons. The molecule has 0 saturated heterocycles. The molecule has 0 aromatic carbocycles. The molecule has 0 aromatic rings. The quantitative estimate of drug-likeness (QED) is 0.507. The maximum atomic E-state index is 11.2. The average Bonchev–Trinajstić information content (AvgIpc) is 1.48. The maximum Gasteiger partial charge on any atom is 0.359 e. The topological polar surface area (TPSA) is 97.7 Å². The Hall–Kier alpha value is -0.320. The Balaban J connectivity index is 4.47. The summed E-state index contributed by atoms with van der Waals surface area (Å²) in [5, 5.41) is -1.88. The van der Waals surface area contributed by atoms with Gasteiger partial charge in [-0.3, -0.25) is 4.55 Å². The van der Waals surface area contributed by atoms with Gasteiger partial charge in [-0.05, 0) is 0 Å². The molecule has 0 radical (unpaired) electrons. The SMILES string of the molecule is O=S(=O)(O)CS(=O)(=O)OC(F)F. The van der Waals surface area contributed by atoms with Crippen LogP contribution in [0.5, 0.6) is 0 Å². The summed E-state index contributed by atoms with van der Waals surface area (Å²) >= 11 is 0. The summed E-state index contributed by atoms with van der Waals surface area (Å²) in [5.74, 6) is 0. The number of hydrogen-bond acceptors (Lipinski definition) is 5. The Morgan fingerprint density at radius 3 is 1.92 bits per heavy atom. The van der Waals surface area contributed by atoms with E-state index in [-0.39, 0.29) is 0 Å². The summed E-state index contributed by atoms with van der Waals surface area (Å²) in [7, 11) is -9.80. The molecule has 0 aromatic heterocycles. The van der Waals surface area contributed by atoms with E-state index in [4.69, 9.17) is 4.55 Å². The second kappa shape index (κ2) is 3.60. The number of rotatable bonds is 4. The van der Waals surface area contributed by atoms with Crippen molar-refractivity contribution in [3.05, 3.63) is 0 Å². The highest BCUT2D eigenvalue weighted by molar-refractivity contribution is 8.03. The van der Waals surface area contributed by atoms with Gasteiger partial charge in [0.1, 0.15) is 0 Å². The zero-order chi connectivity index (χ0) is 9.99. The van der Waals surface area contributed by atoms with Crippen molar-refractivity contribution in [2.45, 2.75) is 6.61 Å². The van der Waals surface area contributed by atoms with Gasteiger partial charge in [0.15, 0.2) is 0 Å². The first-order valence-electron chi connectivity index (χ1n) is 2.27. The van der Waals surface area contributed by atoms with Crippen molar-refractivity contribution >= 4 is 20.2 Å². The maximum absolute atomic E-state index is 11.2. The molecular formula is C2H4F2O6S2. The number of hydrogen-bond donors (Lipinski definition) is 1. The fraction of sp³-hybridized carbons (Fsp3) is 1.00. The van der Waals surface area contributed by atoms with Crippen LogP contribution in [0.25, 0.3) is 0 Å². The molecule has 0 aliphatic carbocycles. The van der Waals surface area contributed by atoms with Crippen LogP contribution in [0.4, 0.5) is 8.78 Å². The van der Waals surface area contributed by atoms with Gasteiger partial charge in [0.25, 0.3) is 20.2 Å². The van der Waals surface area contributed by atoms with Crippen LogP contribution in [0.3, 0.4) is 0 Å². The van der Waals surface area contributed by atoms with E-state index >= 15 is 0 Å². The summed E-state index contributed by atoms with van der Waals surface area (Å²) in [6.45, 7) is -3.64. The van der Waals surface area contributed by atoms with E-state index < -0.39 is 31.9 Å². The molecule has 6 nitrogen and oxygen atoms in total. The standard InChI is InChI=1S/C2H4F2O6S2/c3-2(4)10-12(8,9)1-11(5,6)7/h2H,1H2,(H,5,6,7). The smallest absolute Gasteiger partial charge is 0.285 e. The first-order valence-corrected chi connectivity index (χ1v) is 5.45. The van der Waals surface area contributed by atoms with Crippen molar-refractivity contribution < 1.29 is 34.4 Å². The molecule has 0 rings (SSSR count). The third-order valence-corrected chi connectivity index (χ3v) is 3.30. The van der Waals surface area contributed by atoms with Crippen LogP contribution in [-0.2, 0) is 24.4 Å². The fourth-order valence-corrected chi connectivity index (χ4v) is 2.22. The van der Waals surface area contributed by atoms with Crippen LogP contribution < -0.4 is 0 Å². The Labute approximate surface area is 67.0 Å². The third kappa shape index (κ3) is 6.39. The largest absolute Gasteiger partial charge is 0.359 e. The molecule has 1 N–H and O–H groups in total. The Morgan fingerprint density at radius 2 is 1.67 bits per heavy atom.